The second-order valence-electron chi connectivity index (χ2n) is 6.45. The first-order valence-electron chi connectivity index (χ1n) is 8.83. The third-order valence-corrected chi connectivity index (χ3v) is 4.90. The Hall–Kier alpha value is -2.46. The van der Waals surface area contributed by atoms with Gasteiger partial charge < -0.3 is 4.90 Å². The fourth-order valence-electron chi connectivity index (χ4n) is 3.42. The van der Waals surface area contributed by atoms with E-state index in [9.17, 15) is 4.39 Å². The number of halogens is 1. The van der Waals surface area contributed by atoms with E-state index >= 15 is 0 Å². The van der Waals surface area contributed by atoms with Gasteiger partial charge in [-0.15, -0.1) is 0 Å². The van der Waals surface area contributed by atoms with Gasteiger partial charge in [0.25, 0.3) is 0 Å². The minimum absolute atomic E-state index is 0.256. The first-order valence-corrected chi connectivity index (χ1v) is 8.83. The van der Waals surface area contributed by atoms with E-state index in [4.69, 9.17) is 4.98 Å². The van der Waals surface area contributed by atoms with Crippen LogP contribution in [-0.4, -0.2) is 49.3 Å². The highest BCUT2D eigenvalue weighted by atomic mass is 19.1. The summed E-state index contributed by atoms with van der Waals surface area (Å²) in [4.78, 5) is 9.31. The molecule has 2 aromatic carbocycles. The van der Waals surface area contributed by atoms with Gasteiger partial charge in [0.05, 0.1) is 11.2 Å². The van der Waals surface area contributed by atoms with Crippen molar-refractivity contribution in [1.29, 1.82) is 0 Å². The number of rotatable bonds is 4. The predicted octanol–water partition coefficient (Wildman–Crippen LogP) is 3.99. The number of hydrogen-bond donors (Lipinski definition) is 0. The fraction of sp³-hybridized carbons (Fsp3) is 0.286. The van der Waals surface area contributed by atoms with Crippen molar-refractivity contribution in [2.24, 2.45) is 0 Å². The maximum atomic E-state index is 12.4. The van der Waals surface area contributed by atoms with E-state index in [2.05, 4.69) is 52.3 Å². The molecule has 0 radical (unpaired) electrons. The second kappa shape index (κ2) is 7.19. The molecule has 1 aromatic heterocycles. The van der Waals surface area contributed by atoms with Gasteiger partial charge in [0.15, 0.2) is 0 Å². The van der Waals surface area contributed by atoms with Crippen molar-refractivity contribution in [3.05, 3.63) is 60.7 Å². The van der Waals surface area contributed by atoms with Gasteiger partial charge in [-0.05, 0) is 24.3 Å². The zero-order chi connectivity index (χ0) is 17.1. The molecule has 0 saturated carbocycles. The van der Waals surface area contributed by atoms with E-state index < -0.39 is 0 Å². The molecule has 0 atom stereocenters. The minimum atomic E-state index is -0.256. The molecular formula is C21H22FN3. The van der Waals surface area contributed by atoms with Crippen LogP contribution in [-0.2, 0) is 0 Å². The van der Waals surface area contributed by atoms with Crippen LogP contribution in [0, 0.1) is 0 Å². The van der Waals surface area contributed by atoms with E-state index in [0.29, 0.717) is 6.54 Å². The van der Waals surface area contributed by atoms with Crippen LogP contribution in [0.2, 0.25) is 0 Å². The summed E-state index contributed by atoms with van der Waals surface area (Å²) in [5.74, 6) is 0. The van der Waals surface area contributed by atoms with Gasteiger partial charge in [-0.1, -0.05) is 36.4 Å². The number of pyridine rings is 1. The van der Waals surface area contributed by atoms with Crippen LogP contribution in [0.25, 0.3) is 22.2 Å². The molecule has 4 heteroatoms. The van der Waals surface area contributed by atoms with Crippen molar-refractivity contribution in [3.8, 4) is 11.3 Å². The van der Waals surface area contributed by atoms with Crippen LogP contribution < -0.4 is 4.90 Å². The summed E-state index contributed by atoms with van der Waals surface area (Å²) in [6, 6.07) is 21.0. The van der Waals surface area contributed by atoms with E-state index in [1.165, 1.54) is 5.69 Å². The number of nitrogens with zero attached hydrogens (tertiary/aromatic N) is 3. The number of piperazine rings is 1. The maximum absolute atomic E-state index is 12.4. The van der Waals surface area contributed by atoms with Crippen molar-refractivity contribution in [2.45, 2.75) is 0 Å². The number of benzene rings is 2. The Balaban J connectivity index is 1.50. The Kier molecular flexibility index (Phi) is 4.61. The molecule has 0 unspecified atom stereocenters. The van der Waals surface area contributed by atoms with Crippen molar-refractivity contribution >= 4 is 16.6 Å². The molecule has 25 heavy (non-hydrogen) atoms. The molecule has 0 spiro atoms. The predicted molar refractivity (Wildman–Crippen MR) is 102 cm³/mol. The largest absolute Gasteiger partial charge is 0.369 e. The third-order valence-electron chi connectivity index (χ3n) is 4.90. The maximum Gasteiger partial charge on any atom is 0.102 e. The van der Waals surface area contributed by atoms with E-state index in [-0.39, 0.29) is 6.67 Å². The highest BCUT2D eigenvalue weighted by molar-refractivity contribution is 5.81. The minimum Gasteiger partial charge on any atom is -0.369 e. The van der Waals surface area contributed by atoms with Gasteiger partial charge in [0, 0.05) is 49.4 Å². The summed E-state index contributed by atoms with van der Waals surface area (Å²) in [5, 5.41) is 1.16. The molecule has 0 aliphatic carbocycles. The summed E-state index contributed by atoms with van der Waals surface area (Å²) >= 11 is 0. The summed E-state index contributed by atoms with van der Waals surface area (Å²) in [7, 11) is 0. The lowest BCUT2D eigenvalue weighted by Crippen LogP contribution is -2.47. The Morgan fingerprint density at radius 3 is 2.36 bits per heavy atom. The summed E-state index contributed by atoms with van der Waals surface area (Å²) < 4.78 is 12.4. The molecule has 1 saturated heterocycles. The van der Waals surface area contributed by atoms with Gasteiger partial charge in [-0.2, -0.15) is 0 Å². The number of aromatic nitrogens is 1. The first kappa shape index (κ1) is 16.0. The topological polar surface area (TPSA) is 19.4 Å². The lowest BCUT2D eigenvalue weighted by molar-refractivity contribution is 0.235. The van der Waals surface area contributed by atoms with E-state index in [0.717, 1.165) is 48.3 Å². The van der Waals surface area contributed by atoms with Gasteiger partial charge in [-0.3, -0.25) is 4.90 Å². The quantitative estimate of drug-likeness (QED) is 0.718. The zero-order valence-corrected chi connectivity index (χ0v) is 14.2. The standard InChI is InChI=1S/C21H22FN3/c22-11-12-24-13-15-25(16-14-24)19-8-5-18(6-9-19)21-10-7-17-3-1-2-4-20(17)23-21/h1-10H,11-16H2. The number of para-hydroxylation sites is 1. The Bertz CT molecular complexity index is 839. The molecule has 1 aliphatic rings. The Labute approximate surface area is 147 Å². The monoisotopic (exact) mass is 335 g/mol. The summed E-state index contributed by atoms with van der Waals surface area (Å²) in [5.41, 5.74) is 4.38. The van der Waals surface area contributed by atoms with Crippen LogP contribution in [0.5, 0.6) is 0 Å². The Morgan fingerprint density at radius 1 is 0.840 bits per heavy atom. The second-order valence-corrected chi connectivity index (χ2v) is 6.45. The highest BCUT2D eigenvalue weighted by Crippen LogP contribution is 2.24. The average molecular weight is 335 g/mol. The molecule has 4 rings (SSSR count). The zero-order valence-electron chi connectivity index (χ0n) is 14.2. The molecule has 2 heterocycles. The van der Waals surface area contributed by atoms with Crippen LogP contribution in [0.4, 0.5) is 10.1 Å². The SMILES string of the molecule is FCCN1CCN(c2ccc(-c3ccc4ccccc4n3)cc2)CC1. The van der Waals surface area contributed by atoms with Gasteiger partial charge in [-0.25, -0.2) is 9.37 Å². The molecule has 3 nitrogen and oxygen atoms in total. The summed E-state index contributed by atoms with van der Waals surface area (Å²) in [6.07, 6.45) is 0. The Morgan fingerprint density at radius 2 is 1.60 bits per heavy atom. The smallest absolute Gasteiger partial charge is 0.102 e. The first-order chi connectivity index (χ1) is 12.3. The molecule has 3 aromatic rings. The fourth-order valence-corrected chi connectivity index (χ4v) is 3.42. The van der Waals surface area contributed by atoms with Crippen molar-refractivity contribution in [3.63, 3.8) is 0 Å². The normalized spacial score (nSPS) is 15.6. The molecule has 1 fully saturated rings. The third kappa shape index (κ3) is 3.49. The van der Waals surface area contributed by atoms with Crippen LogP contribution in [0.15, 0.2) is 60.7 Å². The van der Waals surface area contributed by atoms with Gasteiger partial charge >= 0.3 is 0 Å². The number of alkyl halides is 1. The van der Waals surface area contributed by atoms with E-state index in [1.807, 2.05) is 18.2 Å². The number of fused-ring (bicyclic) bond motifs is 1. The van der Waals surface area contributed by atoms with Crippen molar-refractivity contribution in [1.82, 2.24) is 9.88 Å². The van der Waals surface area contributed by atoms with Gasteiger partial charge in [0.2, 0.25) is 0 Å². The lowest BCUT2D eigenvalue weighted by Gasteiger charge is -2.35. The molecule has 0 N–H and O–H groups in total. The van der Waals surface area contributed by atoms with Crippen LogP contribution >= 0.6 is 0 Å². The van der Waals surface area contributed by atoms with Crippen LogP contribution in [0.3, 0.4) is 0 Å². The van der Waals surface area contributed by atoms with E-state index in [1.54, 1.807) is 0 Å². The molecule has 1 aliphatic heterocycles. The molecule has 0 amide bonds. The van der Waals surface area contributed by atoms with Crippen molar-refractivity contribution < 1.29 is 4.39 Å². The summed E-state index contributed by atoms with van der Waals surface area (Å²) in [6.45, 7) is 4.06. The highest BCUT2D eigenvalue weighted by Gasteiger charge is 2.16. The van der Waals surface area contributed by atoms with Gasteiger partial charge in [0.1, 0.15) is 6.67 Å². The average Bonchev–Trinajstić information content (AvgIpc) is 2.69. The lowest BCUT2D eigenvalue weighted by atomic mass is 10.1. The number of hydrogen-bond acceptors (Lipinski definition) is 3. The molecule has 128 valence electrons. The molecular weight excluding hydrogens is 313 g/mol. The number of anilines is 1. The van der Waals surface area contributed by atoms with Crippen molar-refractivity contribution in [2.75, 3.05) is 44.3 Å². The van der Waals surface area contributed by atoms with Crippen LogP contribution in [0.1, 0.15) is 0 Å². The molecule has 0 bridgehead atoms.